The third kappa shape index (κ3) is 2.43. The number of hydrogen-bond donors (Lipinski definition) is 2. The van der Waals surface area contributed by atoms with Crippen LogP contribution >= 0.6 is 0 Å². The normalized spacial score (nSPS) is 33.4. The minimum absolute atomic E-state index is 0.142. The maximum absolute atomic E-state index is 12.0. The van der Waals surface area contributed by atoms with Crippen molar-refractivity contribution in [2.75, 3.05) is 20.8 Å². The maximum atomic E-state index is 12.0. The van der Waals surface area contributed by atoms with Gasteiger partial charge in [-0.05, 0) is 12.8 Å². The van der Waals surface area contributed by atoms with Crippen molar-refractivity contribution < 1.29 is 24.1 Å². The van der Waals surface area contributed by atoms with Crippen molar-refractivity contribution in [1.82, 2.24) is 10.6 Å². The molecule has 19 heavy (non-hydrogen) atoms. The summed E-state index contributed by atoms with van der Waals surface area (Å²) in [6, 6.07) is 0. The molecule has 0 aromatic rings. The van der Waals surface area contributed by atoms with Crippen LogP contribution in [0.1, 0.15) is 12.8 Å². The molecule has 1 aliphatic carbocycles. The molecule has 1 saturated carbocycles. The Morgan fingerprint density at radius 3 is 2.74 bits per heavy atom. The molecule has 3 atom stereocenters. The van der Waals surface area contributed by atoms with Crippen LogP contribution in [-0.2, 0) is 24.1 Å². The van der Waals surface area contributed by atoms with Crippen molar-refractivity contribution in [1.29, 1.82) is 0 Å². The van der Waals surface area contributed by atoms with Gasteiger partial charge < -0.3 is 15.4 Å². The second kappa shape index (κ2) is 5.18. The highest BCUT2D eigenvalue weighted by Crippen LogP contribution is 2.42. The van der Waals surface area contributed by atoms with Gasteiger partial charge in [-0.3, -0.25) is 9.59 Å². The zero-order valence-corrected chi connectivity index (χ0v) is 11.0. The highest BCUT2D eigenvalue weighted by atomic mass is 17.2. The van der Waals surface area contributed by atoms with Gasteiger partial charge >= 0.3 is 5.97 Å². The van der Waals surface area contributed by atoms with E-state index in [0.29, 0.717) is 18.7 Å². The summed E-state index contributed by atoms with van der Waals surface area (Å²) >= 11 is 0. The van der Waals surface area contributed by atoms with Crippen LogP contribution in [0.15, 0.2) is 12.4 Å². The molecule has 2 N–H and O–H groups in total. The Kier molecular flexibility index (Phi) is 3.77. The van der Waals surface area contributed by atoms with E-state index in [1.54, 1.807) is 0 Å². The maximum Gasteiger partial charge on any atom is 0.309 e. The summed E-state index contributed by atoms with van der Waals surface area (Å²) in [6.07, 6.45) is 0.837. The third-order valence-electron chi connectivity index (χ3n) is 3.74. The van der Waals surface area contributed by atoms with E-state index in [-0.39, 0.29) is 24.4 Å². The van der Waals surface area contributed by atoms with Crippen LogP contribution in [0.2, 0.25) is 0 Å². The number of ether oxygens (including phenoxy) is 1. The van der Waals surface area contributed by atoms with E-state index in [4.69, 9.17) is 9.62 Å². The van der Waals surface area contributed by atoms with Crippen LogP contribution in [0.3, 0.4) is 0 Å². The number of rotatable bonds is 4. The molecule has 106 valence electrons. The highest BCUT2D eigenvalue weighted by molar-refractivity contribution is 5.92. The Bertz CT molecular complexity index is 411. The van der Waals surface area contributed by atoms with Crippen LogP contribution in [0.4, 0.5) is 0 Å². The average Bonchev–Trinajstić information content (AvgIpc) is 2.87. The van der Waals surface area contributed by atoms with Crippen molar-refractivity contribution >= 4 is 11.9 Å². The first-order valence-electron chi connectivity index (χ1n) is 6.04. The van der Waals surface area contributed by atoms with E-state index < -0.39 is 11.5 Å². The van der Waals surface area contributed by atoms with E-state index >= 15 is 0 Å². The van der Waals surface area contributed by atoms with Crippen LogP contribution in [-0.4, -0.2) is 38.2 Å². The van der Waals surface area contributed by atoms with Gasteiger partial charge in [0.15, 0.2) is 0 Å². The zero-order chi connectivity index (χ0) is 14.0. The minimum Gasteiger partial charge on any atom is -0.469 e. The fraction of sp³-hybridized carbons (Fsp3) is 0.667. The number of carbonyl (C=O) groups is 2. The standard InChI is InChI=1S/C12H18N2O5/c1-7-13-11(16)12(14-7)4-8(6-19-18-3)9(5-12)10(15)17-2/h8-9,14H,1,4-6H2,2-3H3,(H,13,16). The second-order valence-electron chi connectivity index (χ2n) is 4.89. The van der Waals surface area contributed by atoms with Crippen LogP contribution in [0.5, 0.6) is 0 Å². The quantitative estimate of drug-likeness (QED) is 0.414. The number of hydrogen-bond acceptors (Lipinski definition) is 6. The van der Waals surface area contributed by atoms with Crippen molar-refractivity contribution in [2.24, 2.45) is 11.8 Å². The number of esters is 1. The minimum atomic E-state index is -0.794. The smallest absolute Gasteiger partial charge is 0.309 e. The Hall–Kier alpha value is -1.60. The summed E-state index contributed by atoms with van der Waals surface area (Å²) in [5.74, 6) is -0.581. The molecule has 1 aliphatic heterocycles. The molecule has 1 heterocycles. The van der Waals surface area contributed by atoms with E-state index in [2.05, 4.69) is 22.1 Å². The SMILES string of the molecule is C=C1NC(=O)C2(CC(COOC)C(C(=O)OC)C2)N1. The Labute approximate surface area is 111 Å². The number of methoxy groups -OCH3 is 1. The highest BCUT2D eigenvalue weighted by Gasteiger charge is 2.55. The van der Waals surface area contributed by atoms with Gasteiger partial charge in [0.2, 0.25) is 0 Å². The molecule has 3 unspecified atom stereocenters. The van der Waals surface area contributed by atoms with Gasteiger partial charge in [-0.25, -0.2) is 9.78 Å². The van der Waals surface area contributed by atoms with Crippen molar-refractivity contribution in [3.63, 3.8) is 0 Å². The van der Waals surface area contributed by atoms with Crippen LogP contribution < -0.4 is 10.6 Å². The molecule has 7 nitrogen and oxygen atoms in total. The van der Waals surface area contributed by atoms with Gasteiger partial charge in [0.1, 0.15) is 5.54 Å². The van der Waals surface area contributed by atoms with E-state index in [1.807, 2.05) is 0 Å². The van der Waals surface area contributed by atoms with Crippen molar-refractivity contribution in [2.45, 2.75) is 18.4 Å². The van der Waals surface area contributed by atoms with Gasteiger partial charge in [0, 0.05) is 5.92 Å². The van der Waals surface area contributed by atoms with Gasteiger partial charge in [0.05, 0.1) is 32.6 Å². The molecule has 2 fully saturated rings. The van der Waals surface area contributed by atoms with Crippen molar-refractivity contribution in [3.8, 4) is 0 Å². The first-order chi connectivity index (χ1) is 9.02. The van der Waals surface area contributed by atoms with Gasteiger partial charge in [-0.15, -0.1) is 0 Å². The lowest BCUT2D eigenvalue weighted by Gasteiger charge is -2.20. The molecule has 1 amide bonds. The van der Waals surface area contributed by atoms with Gasteiger partial charge in [-0.1, -0.05) is 6.58 Å². The fourth-order valence-electron chi connectivity index (χ4n) is 2.89. The lowest BCUT2D eigenvalue weighted by atomic mass is 9.96. The summed E-state index contributed by atoms with van der Waals surface area (Å²) in [7, 11) is 2.74. The molecule has 1 saturated heterocycles. The third-order valence-corrected chi connectivity index (χ3v) is 3.74. The Balaban J connectivity index is 2.16. The predicted molar refractivity (Wildman–Crippen MR) is 64.3 cm³/mol. The summed E-state index contributed by atoms with van der Waals surface area (Å²) in [5.41, 5.74) is -0.794. The van der Waals surface area contributed by atoms with E-state index in [1.165, 1.54) is 14.2 Å². The average molecular weight is 270 g/mol. The lowest BCUT2D eigenvalue weighted by Crippen LogP contribution is -2.44. The van der Waals surface area contributed by atoms with Gasteiger partial charge in [-0.2, -0.15) is 0 Å². The molecule has 7 heteroatoms. The molecule has 2 rings (SSSR count). The lowest BCUT2D eigenvalue weighted by molar-refractivity contribution is -0.281. The molecule has 0 aromatic carbocycles. The molecule has 0 bridgehead atoms. The second-order valence-corrected chi connectivity index (χ2v) is 4.89. The van der Waals surface area contributed by atoms with Crippen LogP contribution in [0.25, 0.3) is 0 Å². The number of nitrogens with one attached hydrogen (secondary N) is 2. The topological polar surface area (TPSA) is 85.9 Å². The van der Waals surface area contributed by atoms with Crippen molar-refractivity contribution in [3.05, 3.63) is 12.4 Å². The Morgan fingerprint density at radius 2 is 2.21 bits per heavy atom. The first kappa shape index (κ1) is 13.8. The van der Waals surface area contributed by atoms with Gasteiger partial charge in [0.25, 0.3) is 5.91 Å². The van der Waals surface area contributed by atoms with E-state index in [0.717, 1.165) is 0 Å². The molecular formula is C12H18N2O5. The number of amides is 1. The molecular weight excluding hydrogens is 252 g/mol. The largest absolute Gasteiger partial charge is 0.469 e. The molecule has 0 radical (unpaired) electrons. The fourth-order valence-corrected chi connectivity index (χ4v) is 2.89. The van der Waals surface area contributed by atoms with Crippen LogP contribution in [0, 0.1) is 11.8 Å². The summed E-state index contributed by atoms with van der Waals surface area (Å²) in [4.78, 5) is 33.3. The monoisotopic (exact) mass is 270 g/mol. The summed E-state index contributed by atoms with van der Waals surface area (Å²) in [6.45, 7) is 3.92. The molecule has 2 aliphatic rings. The molecule has 1 spiro atoms. The molecule has 0 aromatic heterocycles. The zero-order valence-electron chi connectivity index (χ0n) is 11.0. The summed E-state index contributed by atoms with van der Waals surface area (Å²) in [5, 5.41) is 5.67. The predicted octanol–water partition coefficient (Wildman–Crippen LogP) is -0.307. The first-order valence-corrected chi connectivity index (χ1v) is 6.04. The summed E-state index contributed by atoms with van der Waals surface area (Å²) < 4.78 is 4.79. The number of carbonyl (C=O) groups excluding carboxylic acids is 2. The van der Waals surface area contributed by atoms with E-state index in [9.17, 15) is 9.59 Å². The Morgan fingerprint density at radius 1 is 1.47 bits per heavy atom.